The highest BCUT2D eigenvalue weighted by atomic mass is 16.9. The number of hydrogen-bond acceptors (Lipinski definition) is 12. The van der Waals surface area contributed by atoms with E-state index in [1.165, 1.54) is 0 Å². The number of esters is 3. The number of aliphatic hydroxyl groups is 3. The second kappa shape index (κ2) is 14.2. The summed E-state index contributed by atoms with van der Waals surface area (Å²) >= 11 is 0. The molecule has 0 heterocycles. The fourth-order valence-corrected chi connectivity index (χ4v) is 2.15. The van der Waals surface area contributed by atoms with Crippen molar-refractivity contribution >= 4 is 17.9 Å². The van der Waals surface area contributed by atoms with E-state index in [0.29, 0.717) is 18.2 Å². The number of aliphatic hydroxyl groups excluding tert-OH is 3. The van der Waals surface area contributed by atoms with Crippen LogP contribution in [0.2, 0.25) is 0 Å². The van der Waals surface area contributed by atoms with Gasteiger partial charge in [0.15, 0.2) is 0 Å². The SMILES string of the molecule is C=COC(OC=C)(OC(OC(=O)C=C)=C(OC(=O)C=C)OC(=O)C=C)C(CO)(CO)CCO. The lowest BCUT2D eigenvalue weighted by Crippen LogP contribution is -2.57. The van der Waals surface area contributed by atoms with E-state index in [4.69, 9.17) is 28.4 Å². The van der Waals surface area contributed by atoms with Gasteiger partial charge in [0.1, 0.15) is 5.41 Å². The predicted octanol–water partition coefficient (Wildman–Crippen LogP) is 0.645. The van der Waals surface area contributed by atoms with E-state index in [2.05, 4.69) is 32.9 Å². The first-order valence-corrected chi connectivity index (χ1v) is 9.04. The molecule has 0 unspecified atom stereocenters. The molecule has 12 nitrogen and oxygen atoms in total. The number of carbonyl (C=O) groups is 3. The van der Waals surface area contributed by atoms with Gasteiger partial charge in [-0.1, -0.05) is 32.9 Å². The molecule has 0 aromatic rings. The predicted molar refractivity (Wildman–Crippen MR) is 111 cm³/mol. The number of ether oxygens (including phenoxy) is 6. The van der Waals surface area contributed by atoms with Crippen LogP contribution in [0.3, 0.4) is 0 Å². The van der Waals surface area contributed by atoms with Crippen LogP contribution in [0, 0.1) is 5.41 Å². The molecule has 0 saturated heterocycles. The second-order valence-corrected chi connectivity index (χ2v) is 5.75. The smallest absolute Gasteiger partial charge is 0.429 e. The van der Waals surface area contributed by atoms with E-state index < -0.39 is 67.4 Å². The monoisotopic (exact) mass is 470 g/mol. The molecule has 0 aromatic carbocycles. The van der Waals surface area contributed by atoms with Gasteiger partial charge < -0.3 is 43.7 Å². The van der Waals surface area contributed by atoms with Gasteiger partial charge in [-0.3, -0.25) is 0 Å². The summed E-state index contributed by atoms with van der Waals surface area (Å²) in [7, 11) is 0. The number of rotatable bonds is 17. The van der Waals surface area contributed by atoms with Crippen molar-refractivity contribution in [1.82, 2.24) is 0 Å². The third kappa shape index (κ3) is 7.64. The van der Waals surface area contributed by atoms with Crippen molar-refractivity contribution < 1.29 is 58.1 Å². The van der Waals surface area contributed by atoms with Crippen LogP contribution in [0.5, 0.6) is 0 Å². The summed E-state index contributed by atoms with van der Waals surface area (Å²) < 4.78 is 30.5. The Hall–Kier alpha value is -3.87. The molecular formula is C21H26O12. The first-order chi connectivity index (χ1) is 15.7. The van der Waals surface area contributed by atoms with E-state index in [1.54, 1.807) is 0 Å². The number of carbonyl (C=O) groups excluding carboxylic acids is 3. The van der Waals surface area contributed by atoms with Crippen LogP contribution in [-0.4, -0.2) is 59.0 Å². The minimum absolute atomic E-state index is 0.418. The molecule has 0 aliphatic heterocycles. The van der Waals surface area contributed by atoms with Crippen molar-refractivity contribution in [1.29, 1.82) is 0 Å². The third-order valence-corrected chi connectivity index (χ3v) is 3.80. The maximum atomic E-state index is 11.9. The molecule has 0 spiro atoms. The van der Waals surface area contributed by atoms with Crippen molar-refractivity contribution in [2.45, 2.75) is 12.4 Å². The standard InChI is InChI=1S/C21H26O12/c1-6-15(25)30-18(31-16(26)7-2)19(32-17(27)8-3)33-21(28-9-4,29-10-5)20(13-23,14-24)11-12-22/h6-10,22-24H,1-5,11-14H2. The second-order valence-electron chi connectivity index (χ2n) is 5.75. The van der Waals surface area contributed by atoms with Crippen molar-refractivity contribution in [2.75, 3.05) is 19.8 Å². The molecule has 0 atom stereocenters. The molecule has 0 radical (unpaired) electrons. The highest BCUT2D eigenvalue weighted by Gasteiger charge is 2.59. The van der Waals surface area contributed by atoms with Crippen LogP contribution in [-0.2, 0) is 42.8 Å². The zero-order chi connectivity index (χ0) is 25.5. The molecule has 0 bridgehead atoms. The maximum absolute atomic E-state index is 11.9. The first kappa shape index (κ1) is 29.1. The molecule has 0 aromatic heterocycles. The lowest BCUT2D eigenvalue weighted by molar-refractivity contribution is -0.404. The molecule has 0 rings (SSSR count). The summed E-state index contributed by atoms with van der Waals surface area (Å²) in [6, 6.07) is 0. The summed E-state index contributed by atoms with van der Waals surface area (Å²) in [6.45, 7) is 13.7. The molecule has 0 fully saturated rings. The summed E-state index contributed by atoms with van der Waals surface area (Å²) in [5.74, 6) is -8.52. The molecular weight excluding hydrogens is 444 g/mol. The Bertz CT molecular complexity index is 757. The van der Waals surface area contributed by atoms with Crippen LogP contribution in [0.4, 0.5) is 0 Å². The average Bonchev–Trinajstić information content (AvgIpc) is 2.81. The summed E-state index contributed by atoms with van der Waals surface area (Å²) in [5.41, 5.74) is -1.99. The van der Waals surface area contributed by atoms with E-state index in [0.717, 1.165) is 12.5 Å². The Kier molecular flexibility index (Phi) is 12.6. The van der Waals surface area contributed by atoms with Crippen molar-refractivity contribution in [3.63, 3.8) is 0 Å². The van der Waals surface area contributed by atoms with Gasteiger partial charge >= 0.3 is 35.8 Å². The van der Waals surface area contributed by atoms with Gasteiger partial charge in [0, 0.05) is 24.8 Å². The van der Waals surface area contributed by atoms with Crippen LogP contribution in [0.1, 0.15) is 6.42 Å². The Morgan fingerprint density at radius 3 is 1.39 bits per heavy atom. The van der Waals surface area contributed by atoms with Crippen molar-refractivity contribution in [2.24, 2.45) is 5.41 Å². The lowest BCUT2D eigenvalue weighted by atomic mass is 9.83. The van der Waals surface area contributed by atoms with Gasteiger partial charge in [-0.2, -0.15) is 0 Å². The Labute approximate surface area is 189 Å². The summed E-state index contributed by atoms with van der Waals surface area (Å²) in [6.07, 6.45) is 3.14. The molecule has 0 amide bonds. The van der Waals surface area contributed by atoms with Crippen molar-refractivity contribution in [3.05, 3.63) is 75.5 Å². The Morgan fingerprint density at radius 2 is 1.09 bits per heavy atom. The van der Waals surface area contributed by atoms with Gasteiger partial charge in [-0.25, -0.2) is 14.4 Å². The minimum Gasteiger partial charge on any atom is -0.429 e. The largest absolute Gasteiger partial charge is 0.429 e. The van der Waals surface area contributed by atoms with Crippen molar-refractivity contribution in [3.8, 4) is 0 Å². The van der Waals surface area contributed by atoms with Crippen LogP contribution in [0.25, 0.3) is 0 Å². The van der Waals surface area contributed by atoms with Crippen LogP contribution in [0.15, 0.2) is 75.5 Å². The van der Waals surface area contributed by atoms with Gasteiger partial charge in [0.25, 0.3) is 0 Å². The lowest BCUT2D eigenvalue weighted by Gasteiger charge is -2.44. The van der Waals surface area contributed by atoms with Gasteiger partial charge in [0.05, 0.1) is 25.7 Å². The van der Waals surface area contributed by atoms with E-state index in [9.17, 15) is 29.7 Å². The van der Waals surface area contributed by atoms with Crippen LogP contribution >= 0.6 is 0 Å². The molecule has 12 heteroatoms. The molecule has 0 aliphatic rings. The zero-order valence-corrected chi connectivity index (χ0v) is 17.8. The Balaban J connectivity index is 7.11. The zero-order valence-electron chi connectivity index (χ0n) is 17.8. The topological polar surface area (TPSA) is 167 Å². The third-order valence-electron chi connectivity index (χ3n) is 3.80. The highest BCUT2D eigenvalue weighted by Crippen LogP contribution is 2.42. The molecule has 0 saturated carbocycles. The number of hydrogen-bond donors (Lipinski definition) is 3. The fraction of sp³-hybridized carbons (Fsp3) is 0.286. The molecule has 0 aliphatic carbocycles. The molecule has 3 N–H and O–H groups in total. The van der Waals surface area contributed by atoms with Gasteiger partial charge in [-0.05, 0) is 6.42 Å². The normalized spacial score (nSPS) is 10.5. The maximum Gasteiger partial charge on any atom is 0.429 e. The molecule has 182 valence electrons. The first-order valence-electron chi connectivity index (χ1n) is 9.04. The van der Waals surface area contributed by atoms with Crippen LogP contribution < -0.4 is 0 Å². The van der Waals surface area contributed by atoms with E-state index in [-0.39, 0.29) is 0 Å². The average molecular weight is 470 g/mol. The molecule has 33 heavy (non-hydrogen) atoms. The minimum atomic E-state index is -2.67. The van der Waals surface area contributed by atoms with E-state index >= 15 is 0 Å². The van der Waals surface area contributed by atoms with Gasteiger partial charge in [-0.15, -0.1) is 0 Å². The quantitative estimate of drug-likeness (QED) is 0.118. The van der Waals surface area contributed by atoms with Gasteiger partial charge in [0.2, 0.25) is 0 Å². The fourth-order valence-electron chi connectivity index (χ4n) is 2.15. The highest BCUT2D eigenvalue weighted by molar-refractivity contribution is 5.85. The Morgan fingerprint density at radius 1 is 0.697 bits per heavy atom. The summed E-state index contributed by atoms with van der Waals surface area (Å²) in [5, 5.41) is 29.5. The summed E-state index contributed by atoms with van der Waals surface area (Å²) in [4.78, 5) is 35.4. The van der Waals surface area contributed by atoms with E-state index in [1.807, 2.05) is 0 Å².